The number of ether oxygens (including phenoxy) is 3. The molecule has 1 amide bonds. The number of hydrogen-bond acceptors (Lipinski definition) is 7. The molecule has 0 fully saturated rings. The van der Waals surface area contributed by atoms with Gasteiger partial charge in [0.05, 0.1) is 7.11 Å². The zero-order chi connectivity index (χ0) is 26.9. The Balaban J connectivity index is 3.10. The van der Waals surface area contributed by atoms with Gasteiger partial charge in [-0.25, -0.2) is 4.79 Å². The minimum atomic E-state index is -1.05. The van der Waals surface area contributed by atoms with Gasteiger partial charge in [-0.05, 0) is 57.2 Å². The molecule has 0 aromatic heterocycles. The van der Waals surface area contributed by atoms with Gasteiger partial charge >= 0.3 is 11.9 Å². The maximum atomic E-state index is 12.9. The van der Waals surface area contributed by atoms with E-state index in [4.69, 9.17) is 37.4 Å². The fourth-order valence-corrected chi connectivity index (χ4v) is 4.09. The van der Waals surface area contributed by atoms with Crippen molar-refractivity contribution in [3.05, 3.63) is 57.1 Å². The highest BCUT2D eigenvalue weighted by Gasteiger charge is 2.30. The maximum absolute atomic E-state index is 12.9. The van der Waals surface area contributed by atoms with E-state index in [1.165, 1.54) is 27.0 Å². The van der Waals surface area contributed by atoms with Gasteiger partial charge in [-0.3, -0.25) is 14.6 Å². The lowest BCUT2D eigenvalue weighted by molar-refractivity contribution is -0.153. The maximum Gasteiger partial charge on any atom is 0.328 e. The van der Waals surface area contributed by atoms with Crippen molar-refractivity contribution in [2.75, 3.05) is 7.11 Å². The highest BCUT2D eigenvalue weighted by atomic mass is 35.5. The summed E-state index contributed by atoms with van der Waals surface area (Å²) >= 11 is 12.4. The average molecular weight is 527 g/mol. The first-order valence-corrected chi connectivity index (χ1v) is 11.7. The summed E-state index contributed by atoms with van der Waals surface area (Å²) in [6.07, 6.45) is 0.928. The molecule has 1 N–H and O–H groups in total. The molecule has 0 heterocycles. The van der Waals surface area contributed by atoms with Crippen molar-refractivity contribution in [1.29, 1.82) is 0 Å². The van der Waals surface area contributed by atoms with E-state index >= 15 is 0 Å². The number of hydrogen-bond donors (Lipinski definition) is 1. The molecule has 10 heteroatoms. The van der Waals surface area contributed by atoms with Crippen LogP contribution in [0.15, 0.2) is 46.5 Å². The number of halogens is 2. The van der Waals surface area contributed by atoms with Gasteiger partial charge in [0.1, 0.15) is 12.1 Å². The molecular weight excluding hydrogens is 495 g/mol. The summed E-state index contributed by atoms with van der Waals surface area (Å²) in [7, 11) is 1.34. The second-order valence-electron chi connectivity index (χ2n) is 8.06. The molecule has 0 saturated carbocycles. The van der Waals surface area contributed by atoms with Crippen LogP contribution in [0, 0.1) is 5.92 Å². The molecule has 1 rings (SSSR count). The van der Waals surface area contributed by atoms with Gasteiger partial charge in [0.15, 0.2) is 11.5 Å². The molecule has 0 aliphatic heterocycles. The third-order valence-corrected chi connectivity index (χ3v) is 5.65. The molecule has 0 bridgehead atoms. The topological polar surface area (TPSA) is 103 Å². The SMILES string of the molecule is C=N/C(C(=O)N[C@@H](C)C(=O)O[C@@H](C)[C@H](c1ccc(Cl)cc1Cl)C(C)C)=C(OC(C)=O)\C(=C/C)OC. The standard InChI is InChI=1S/C25H32Cl2N2O6/c1-9-20(33-8)23(35-16(6)30)22(28-7)24(31)29-14(4)25(32)34-15(5)21(13(2)3)18-11-10-17(26)12-19(18)27/h9-15,21H,7H2,1-6,8H3,(H,29,31)/b20-9+,23-22+/t14-,15-,21+/m0/s1. The van der Waals surface area contributed by atoms with Crippen LogP contribution in [0.5, 0.6) is 0 Å². The van der Waals surface area contributed by atoms with E-state index in [9.17, 15) is 14.4 Å². The number of nitrogens with one attached hydrogen (secondary N) is 1. The van der Waals surface area contributed by atoms with Crippen molar-refractivity contribution in [3.8, 4) is 0 Å². The molecule has 8 nitrogen and oxygen atoms in total. The van der Waals surface area contributed by atoms with Gasteiger partial charge in [-0.15, -0.1) is 0 Å². The van der Waals surface area contributed by atoms with Crippen LogP contribution in [0.2, 0.25) is 10.0 Å². The van der Waals surface area contributed by atoms with Crippen LogP contribution >= 0.6 is 23.2 Å². The van der Waals surface area contributed by atoms with Crippen LogP contribution in [-0.2, 0) is 28.6 Å². The van der Waals surface area contributed by atoms with Gasteiger partial charge in [0.2, 0.25) is 5.76 Å². The van der Waals surface area contributed by atoms with Crippen molar-refractivity contribution in [2.24, 2.45) is 10.9 Å². The summed E-state index contributed by atoms with van der Waals surface area (Å²) in [6.45, 7) is 13.4. The smallest absolute Gasteiger partial charge is 0.328 e. The highest BCUT2D eigenvalue weighted by molar-refractivity contribution is 6.35. The fourth-order valence-electron chi connectivity index (χ4n) is 3.56. The summed E-state index contributed by atoms with van der Waals surface area (Å²) < 4.78 is 15.9. The molecule has 3 atom stereocenters. The molecule has 0 unspecified atom stereocenters. The summed E-state index contributed by atoms with van der Waals surface area (Å²) in [6, 6.07) is 4.13. The first-order chi connectivity index (χ1) is 16.4. The predicted molar refractivity (Wildman–Crippen MR) is 136 cm³/mol. The second kappa shape index (κ2) is 13.9. The van der Waals surface area contributed by atoms with E-state index in [1.807, 2.05) is 19.9 Å². The van der Waals surface area contributed by atoms with E-state index in [0.29, 0.717) is 10.0 Å². The quantitative estimate of drug-likeness (QED) is 0.140. The number of methoxy groups -OCH3 is 1. The molecule has 192 valence electrons. The third-order valence-electron chi connectivity index (χ3n) is 5.09. The van der Waals surface area contributed by atoms with Gasteiger partial charge in [0, 0.05) is 22.9 Å². The lowest BCUT2D eigenvalue weighted by atomic mass is 9.84. The van der Waals surface area contributed by atoms with Crippen molar-refractivity contribution in [2.45, 2.75) is 59.6 Å². The van der Waals surface area contributed by atoms with E-state index in [1.54, 1.807) is 26.0 Å². The number of rotatable bonds is 11. The predicted octanol–water partition coefficient (Wildman–Crippen LogP) is 5.19. The monoisotopic (exact) mass is 526 g/mol. The first kappa shape index (κ1) is 30.2. The lowest BCUT2D eigenvalue weighted by Gasteiger charge is -2.29. The van der Waals surface area contributed by atoms with Gasteiger partial charge < -0.3 is 19.5 Å². The van der Waals surface area contributed by atoms with Crippen molar-refractivity contribution in [3.63, 3.8) is 0 Å². The molecule has 0 aliphatic rings. The number of carbonyl (C=O) groups is 3. The van der Waals surface area contributed by atoms with Gasteiger partial charge in [0.25, 0.3) is 5.91 Å². The minimum absolute atomic E-state index is 0.0838. The normalized spacial score (nSPS) is 14.9. The zero-order valence-corrected chi connectivity index (χ0v) is 22.5. The Labute approximate surface area is 216 Å². The number of benzene rings is 1. The number of esters is 2. The van der Waals surface area contributed by atoms with E-state index in [2.05, 4.69) is 17.0 Å². The fraction of sp³-hybridized carbons (Fsp3) is 0.440. The molecule has 0 saturated heterocycles. The largest absolute Gasteiger partial charge is 0.493 e. The summed E-state index contributed by atoms with van der Waals surface area (Å²) in [5.41, 5.74) is 0.476. The Morgan fingerprint density at radius 3 is 2.23 bits per heavy atom. The summed E-state index contributed by atoms with van der Waals surface area (Å²) in [4.78, 5) is 40.9. The third kappa shape index (κ3) is 8.40. The van der Waals surface area contributed by atoms with Crippen LogP contribution < -0.4 is 5.32 Å². The molecule has 35 heavy (non-hydrogen) atoms. The van der Waals surface area contributed by atoms with Crippen LogP contribution in [0.4, 0.5) is 0 Å². The highest BCUT2D eigenvalue weighted by Crippen LogP contribution is 2.35. The second-order valence-corrected chi connectivity index (χ2v) is 8.90. The lowest BCUT2D eigenvalue weighted by Crippen LogP contribution is -2.42. The van der Waals surface area contributed by atoms with Crippen LogP contribution in [0.1, 0.15) is 53.0 Å². The van der Waals surface area contributed by atoms with Crippen LogP contribution in [0.25, 0.3) is 0 Å². The number of carbonyl (C=O) groups excluding carboxylic acids is 3. The Hall–Kier alpha value is -2.84. The van der Waals surface area contributed by atoms with Crippen molar-refractivity contribution in [1.82, 2.24) is 5.32 Å². The number of allylic oxidation sites excluding steroid dienone is 1. The summed E-state index contributed by atoms with van der Waals surface area (Å²) in [5.74, 6) is -2.41. The van der Waals surface area contributed by atoms with E-state index in [0.717, 1.165) is 5.56 Å². The Bertz CT molecular complexity index is 1020. The van der Waals surface area contributed by atoms with Crippen LogP contribution in [-0.4, -0.2) is 43.8 Å². The van der Waals surface area contributed by atoms with Crippen LogP contribution in [0.3, 0.4) is 0 Å². The van der Waals surface area contributed by atoms with E-state index < -0.39 is 30.0 Å². The molecule has 1 aromatic carbocycles. The van der Waals surface area contributed by atoms with Crippen molar-refractivity contribution >= 4 is 47.8 Å². The number of aliphatic imine (C=N–C) groups is 1. The number of amides is 1. The van der Waals surface area contributed by atoms with Crippen molar-refractivity contribution < 1.29 is 28.6 Å². The molecule has 1 aromatic rings. The zero-order valence-electron chi connectivity index (χ0n) is 21.0. The minimum Gasteiger partial charge on any atom is -0.493 e. The number of nitrogens with zero attached hydrogens (tertiary/aromatic N) is 1. The summed E-state index contributed by atoms with van der Waals surface area (Å²) in [5, 5.41) is 3.48. The molecule has 0 spiro atoms. The molecule has 0 radical (unpaired) electrons. The van der Waals surface area contributed by atoms with Gasteiger partial charge in [-0.1, -0.05) is 43.1 Å². The Morgan fingerprint density at radius 1 is 1.14 bits per heavy atom. The van der Waals surface area contributed by atoms with Gasteiger partial charge in [-0.2, -0.15) is 0 Å². The van der Waals surface area contributed by atoms with E-state index in [-0.39, 0.29) is 29.1 Å². The Kier molecular flexibility index (Phi) is 12.0. The Morgan fingerprint density at radius 2 is 1.77 bits per heavy atom. The molecule has 0 aliphatic carbocycles. The molecular formula is C25H32Cl2N2O6. The average Bonchev–Trinajstić information content (AvgIpc) is 2.76. The first-order valence-electron chi connectivity index (χ1n) is 10.9.